The number of piperidine rings is 1. The number of nitrogens with one attached hydrogen (secondary N) is 1. The van der Waals surface area contributed by atoms with Gasteiger partial charge >= 0.3 is 5.97 Å². The molecular weight excluding hydrogens is 320 g/mol. The minimum Gasteiger partial charge on any atom is -0.334 e. The number of hydrogen-bond acceptors (Lipinski definition) is 3. The third-order valence-electron chi connectivity index (χ3n) is 3.88. The molecule has 1 saturated heterocycles. The maximum Gasteiger partial charge on any atom is 0.365 e. The summed E-state index contributed by atoms with van der Waals surface area (Å²) in [6.45, 7) is 5.34. The third kappa shape index (κ3) is 3.67. The van der Waals surface area contributed by atoms with E-state index in [1.165, 1.54) is 4.90 Å². The molecule has 1 aliphatic heterocycles. The number of oxime groups is 1. The molecular formula is C15H20BrN2O2+. The van der Waals surface area contributed by atoms with Crippen molar-refractivity contribution in [2.75, 3.05) is 13.6 Å². The molecule has 0 bridgehead atoms. The summed E-state index contributed by atoms with van der Waals surface area (Å²) in [7, 11) is 2.19. The quantitative estimate of drug-likeness (QED) is 0.660. The average molecular weight is 340 g/mol. The summed E-state index contributed by atoms with van der Waals surface area (Å²) in [6, 6.07) is 7.58. The summed E-state index contributed by atoms with van der Waals surface area (Å²) in [5.74, 6) is -0.0555. The van der Waals surface area contributed by atoms with Crippen LogP contribution in [0.15, 0.2) is 33.9 Å². The van der Waals surface area contributed by atoms with Gasteiger partial charge in [0.15, 0.2) is 0 Å². The summed E-state index contributed by atoms with van der Waals surface area (Å²) in [6.07, 6.45) is 0.876. The maximum atomic E-state index is 11.9. The Morgan fingerprint density at radius 2 is 2.00 bits per heavy atom. The summed E-state index contributed by atoms with van der Waals surface area (Å²) in [4.78, 5) is 18.5. The monoisotopic (exact) mass is 339 g/mol. The van der Waals surface area contributed by atoms with Gasteiger partial charge in [-0.25, -0.2) is 4.79 Å². The predicted octanol–water partition coefficient (Wildman–Crippen LogP) is 1.90. The van der Waals surface area contributed by atoms with Crippen molar-refractivity contribution in [3.63, 3.8) is 0 Å². The lowest BCUT2D eigenvalue weighted by Gasteiger charge is -2.31. The first-order valence-electron chi connectivity index (χ1n) is 6.83. The van der Waals surface area contributed by atoms with Crippen LogP contribution in [-0.2, 0) is 4.84 Å². The van der Waals surface area contributed by atoms with E-state index in [1.54, 1.807) is 12.1 Å². The summed E-state index contributed by atoms with van der Waals surface area (Å²) < 4.78 is 0.932. The Kier molecular flexibility index (Phi) is 4.94. The van der Waals surface area contributed by atoms with Crippen LogP contribution < -0.4 is 4.90 Å². The van der Waals surface area contributed by atoms with E-state index in [0.717, 1.165) is 23.1 Å². The van der Waals surface area contributed by atoms with Crippen molar-refractivity contribution in [3.05, 3.63) is 34.3 Å². The van der Waals surface area contributed by atoms with Gasteiger partial charge in [0.05, 0.1) is 30.9 Å². The van der Waals surface area contributed by atoms with Gasteiger partial charge in [0.1, 0.15) is 0 Å². The topological polar surface area (TPSA) is 43.1 Å². The summed E-state index contributed by atoms with van der Waals surface area (Å²) in [5.41, 5.74) is 1.49. The Labute approximate surface area is 127 Å². The number of quaternary nitrogens is 1. The number of hydrogen-bond donors (Lipinski definition) is 1. The van der Waals surface area contributed by atoms with Gasteiger partial charge in [0.25, 0.3) is 0 Å². The lowest BCUT2D eigenvalue weighted by molar-refractivity contribution is -0.908. The number of benzene rings is 1. The SMILES string of the molecule is C[C@@H]1C[NH+](C)[C@@H](C)C/C1=N\OC(=O)c1ccc(Br)cc1. The van der Waals surface area contributed by atoms with Gasteiger partial charge in [-0.1, -0.05) is 28.0 Å². The number of halogens is 1. The zero-order valence-corrected chi connectivity index (χ0v) is 13.6. The van der Waals surface area contributed by atoms with Gasteiger partial charge in [-0.15, -0.1) is 0 Å². The Morgan fingerprint density at radius 1 is 1.35 bits per heavy atom. The third-order valence-corrected chi connectivity index (χ3v) is 4.41. The van der Waals surface area contributed by atoms with Crippen LogP contribution in [0.2, 0.25) is 0 Å². The summed E-state index contributed by atoms with van der Waals surface area (Å²) in [5, 5.41) is 4.09. The highest BCUT2D eigenvalue weighted by Gasteiger charge is 2.29. The van der Waals surface area contributed by atoms with E-state index in [-0.39, 0.29) is 0 Å². The van der Waals surface area contributed by atoms with Crippen molar-refractivity contribution < 1.29 is 14.5 Å². The van der Waals surface area contributed by atoms with Crippen molar-refractivity contribution in [2.45, 2.75) is 26.3 Å². The Balaban J connectivity index is 2.01. The molecule has 2 rings (SSSR count). The smallest absolute Gasteiger partial charge is 0.334 e. The fourth-order valence-corrected chi connectivity index (χ4v) is 2.62. The predicted molar refractivity (Wildman–Crippen MR) is 82.0 cm³/mol. The highest BCUT2D eigenvalue weighted by atomic mass is 79.9. The van der Waals surface area contributed by atoms with Crippen LogP contribution in [0.4, 0.5) is 0 Å². The molecule has 0 spiro atoms. The van der Waals surface area contributed by atoms with Crippen molar-refractivity contribution in [1.29, 1.82) is 0 Å². The van der Waals surface area contributed by atoms with E-state index >= 15 is 0 Å². The molecule has 0 aromatic heterocycles. The minimum absolute atomic E-state index is 0.351. The second kappa shape index (κ2) is 6.50. The average Bonchev–Trinajstić information content (AvgIpc) is 2.42. The zero-order chi connectivity index (χ0) is 14.7. The number of carbonyl (C=O) groups excluding carboxylic acids is 1. The van der Waals surface area contributed by atoms with Gasteiger partial charge in [-0.3, -0.25) is 0 Å². The van der Waals surface area contributed by atoms with E-state index in [1.807, 2.05) is 12.1 Å². The number of carbonyl (C=O) groups is 1. The lowest BCUT2D eigenvalue weighted by Crippen LogP contribution is -3.14. The molecule has 5 heteroatoms. The van der Waals surface area contributed by atoms with Crippen LogP contribution >= 0.6 is 15.9 Å². The van der Waals surface area contributed by atoms with Crippen molar-refractivity contribution in [1.82, 2.24) is 0 Å². The molecule has 1 heterocycles. The van der Waals surface area contributed by atoms with Crippen LogP contribution in [0.5, 0.6) is 0 Å². The maximum absolute atomic E-state index is 11.9. The molecule has 0 aliphatic carbocycles. The molecule has 1 aromatic carbocycles. The zero-order valence-electron chi connectivity index (χ0n) is 12.0. The fourth-order valence-electron chi connectivity index (χ4n) is 2.36. The highest BCUT2D eigenvalue weighted by molar-refractivity contribution is 9.10. The number of nitrogens with zero attached hydrogens (tertiary/aromatic N) is 1. The van der Waals surface area contributed by atoms with Crippen molar-refractivity contribution in [2.24, 2.45) is 11.1 Å². The van der Waals surface area contributed by atoms with Gasteiger partial charge in [-0.2, -0.15) is 0 Å². The number of rotatable bonds is 2. The van der Waals surface area contributed by atoms with E-state index in [9.17, 15) is 4.79 Å². The van der Waals surface area contributed by atoms with E-state index in [0.29, 0.717) is 17.5 Å². The van der Waals surface area contributed by atoms with E-state index in [2.05, 4.69) is 42.0 Å². The Hall–Kier alpha value is -1.20. The molecule has 1 aromatic rings. The first kappa shape index (κ1) is 15.2. The van der Waals surface area contributed by atoms with Gasteiger partial charge in [0.2, 0.25) is 0 Å². The Morgan fingerprint density at radius 3 is 2.65 bits per heavy atom. The molecule has 0 amide bonds. The van der Waals surface area contributed by atoms with Gasteiger partial charge in [0, 0.05) is 16.8 Å². The first-order valence-corrected chi connectivity index (χ1v) is 7.62. The van der Waals surface area contributed by atoms with Crippen LogP contribution in [0, 0.1) is 5.92 Å². The standard InChI is InChI=1S/C15H19BrN2O2/c1-10-9-18(3)11(2)8-14(10)17-20-15(19)12-4-6-13(16)7-5-12/h4-7,10-11H,8-9H2,1-3H3/p+1/b17-14+/t10-,11+/m1/s1. The summed E-state index contributed by atoms with van der Waals surface area (Å²) >= 11 is 3.33. The van der Waals surface area contributed by atoms with Crippen molar-refractivity contribution >= 4 is 27.6 Å². The van der Waals surface area contributed by atoms with Crippen LogP contribution in [0.25, 0.3) is 0 Å². The van der Waals surface area contributed by atoms with Gasteiger partial charge in [-0.05, 0) is 31.2 Å². The molecule has 20 heavy (non-hydrogen) atoms. The number of likely N-dealkylation sites (tertiary alicyclic amines) is 1. The molecule has 1 fully saturated rings. The molecule has 108 valence electrons. The largest absolute Gasteiger partial charge is 0.365 e. The minimum atomic E-state index is -0.406. The molecule has 0 radical (unpaired) electrons. The van der Waals surface area contributed by atoms with Crippen LogP contribution in [0.1, 0.15) is 30.6 Å². The van der Waals surface area contributed by atoms with Crippen LogP contribution in [-0.4, -0.2) is 31.3 Å². The van der Waals surface area contributed by atoms with Gasteiger partial charge < -0.3 is 9.74 Å². The fraction of sp³-hybridized carbons (Fsp3) is 0.467. The molecule has 4 nitrogen and oxygen atoms in total. The second-order valence-electron chi connectivity index (χ2n) is 5.52. The molecule has 3 atom stereocenters. The van der Waals surface area contributed by atoms with E-state index < -0.39 is 5.97 Å². The lowest BCUT2D eigenvalue weighted by atomic mass is 9.93. The van der Waals surface area contributed by atoms with E-state index in [4.69, 9.17) is 4.84 Å². The molecule has 1 aliphatic rings. The first-order chi connectivity index (χ1) is 9.47. The normalized spacial score (nSPS) is 28.4. The Bertz CT molecular complexity index is 513. The molecule has 0 saturated carbocycles. The highest BCUT2D eigenvalue weighted by Crippen LogP contribution is 2.13. The molecule has 1 unspecified atom stereocenters. The molecule has 1 N–H and O–H groups in total. The van der Waals surface area contributed by atoms with Crippen molar-refractivity contribution in [3.8, 4) is 0 Å². The second-order valence-corrected chi connectivity index (χ2v) is 6.44. The van der Waals surface area contributed by atoms with Crippen LogP contribution in [0.3, 0.4) is 0 Å².